The Bertz CT molecular complexity index is 488. The molecule has 6 nitrogen and oxygen atoms in total. The molecular formula is C11H19N3O3S. The summed E-state index contributed by atoms with van der Waals surface area (Å²) in [6.07, 6.45) is 0.810. The predicted octanol–water partition coefficient (Wildman–Crippen LogP) is 0.724. The summed E-state index contributed by atoms with van der Waals surface area (Å²) in [5.41, 5.74) is 7.81. The molecule has 0 bridgehead atoms. The molecule has 0 aliphatic heterocycles. The van der Waals surface area contributed by atoms with Gasteiger partial charge in [0.2, 0.25) is 0 Å². The molecule has 0 aliphatic carbocycles. The fourth-order valence-corrected chi connectivity index (χ4v) is 2.31. The molecule has 0 aromatic heterocycles. The van der Waals surface area contributed by atoms with Crippen LogP contribution in [0.2, 0.25) is 0 Å². The van der Waals surface area contributed by atoms with E-state index in [2.05, 4.69) is 9.44 Å². The van der Waals surface area contributed by atoms with Crippen molar-refractivity contribution in [2.24, 2.45) is 0 Å². The molecule has 0 unspecified atom stereocenters. The second-order valence-electron chi connectivity index (χ2n) is 3.76. The predicted molar refractivity (Wildman–Crippen MR) is 72.7 cm³/mol. The average molecular weight is 273 g/mol. The second-order valence-corrected chi connectivity index (χ2v) is 5.26. The summed E-state index contributed by atoms with van der Waals surface area (Å²) in [5.74, 6) is 0. The summed E-state index contributed by atoms with van der Waals surface area (Å²) in [5, 5.41) is 0. The molecule has 1 rings (SSSR count). The van der Waals surface area contributed by atoms with Crippen molar-refractivity contribution < 1.29 is 13.2 Å². The Morgan fingerprint density at radius 2 is 2.11 bits per heavy atom. The number of nitrogens with two attached hydrogens (primary N) is 1. The normalized spacial score (nSPS) is 11.4. The highest BCUT2D eigenvalue weighted by Gasteiger charge is 2.09. The Morgan fingerprint density at radius 1 is 1.39 bits per heavy atom. The van der Waals surface area contributed by atoms with Gasteiger partial charge in [-0.25, -0.2) is 0 Å². The van der Waals surface area contributed by atoms with Crippen LogP contribution < -0.4 is 15.2 Å². The monoisotopic (exact) mass is 273 g/mol. The third-order valence-electron chi connectivity index (χ3n) is 2.38. The van der Waals surface area contributed by atoms with E-state index in [9.17, 15) is 8.42 Å². The van der Waals surface area contributed by atoms with Gasteiger partial charge < -0.3 is 10.5 Å². The van der Waals surface area contributed by atoms with E-state index < -0.39 is 10.2 Å². The molecule has 1 aromatic rings. The number of hydrogen-bond donors (Lipinski definition) is 3. The van der Waals surface area contributed by atoms with E-state index >= 15 is 0 Å². The topological polar surface area (TPSA) is 93.5 Å². The maximum Gasteiger partial charge on any atom is 0.299 e. The van der Waals surface area contributed by atoms with Gasteiger partial charge in [0.05, 0.1) is 12.3 Å². The summed E-state index contributed by atoms with van der Waals surface area (Å²) in [7, 11) is -2.07. The minimum absolute atomic E-state index is 0.217. The summed E-state index contributed by atoms with van der Waals surface area (Å²) in [6.45, 7) is 2.52. The molecule has 102 valence electrons. The van der Waals surface area contributed by atoms with Crippen molar-refractivity contribution >= 4 is 21.6 Å². The summed E-state index contributed by atoms with van der Waals surface area (Å²) < 4.78 is 32.8. The molecule has 1 aromatic carbocycles. The second kappa shape index (κ2) is 6.58. The van der Waals surface area contributed by atoms with E-state index in [1.165, 1.54) is 7.11 Å². The van der Waals surface area contributed by atoms with Crippen LogP contribution in [-0.4, -0.2) is 28.7 Å². The van der Waals surface area contributed by atoms with E-state index in [4.69, 9.17) is 10.5 Å². The fourth-order valence-electron chi connectivity index (χ4n) is 1.45. The van der Waals surface area contributed by atoms with Crippen LogP contribution in [-0.2, 0) is 21.4 Å². The quantitative estimate of drug-likeness (QED) is 0.504. The smallest absolute Gasteiger partial charge is 0.299 e. The van der Waals surface area contributed by atoms with E-state index in [0.29, 0.717) is 18.0 Å². The SMILES string of the molecule is CCc1ccc(NS(=O)(=O)NCCOC)cc1N. The zero-order valence-electron chi connectivity index (χ0n) is 10.6. The molecule has 18 heavy (non-hydrogen) atoms. The van der Waals surface area contributed by atoms with Crippen LogP contribution in [0.25, 0.3) is 0 Å². The first-order valence-electron chi connectivity index (χ1n) is 5.63. The van der Waals surface area contributed by atoms with Crippen molar-refractivity contribution in [2.45, 2.75) is 13.3 Å². The van der Waals surface area contributed by atoms with Crippen LogP contribution in [0, 0.1) is 0 Å². The van der Waals surface area contributed by atoms with Gasteiger partial charge in [0, 0.05) is 19.3 Å². The number of benzene rings is 1. The first kappa shape index (κ1) is 14.7. The molecule has 0 fully saturated rings. The highest BCUT2D eigenvalue weighted by molar-refractivity contribution is 7.90. The highest BCUT2D eigenvalue weighted by atomic mass is 32.2. The van der Waals surface area contributed by atoms with Crippen molar-refractivity contribution in [1.82, 2.24) is 4.72 Å². The number of hydrogen-bond acceptors (Lipinski definition) is 4. The van der Waals surface area contributed by atoms with Crippen LogP contribution >= 0.6 is 0 Å². The van der Waals surface area contributed by atoms with Gasteiger partial charge in [-0.2, -0.15) is 13.1 Å². The largest absolute Gasteiger partial charge is 0.398 e. The molecular weight excluding hydrogens is 254 g/mol. The number of rotatable bonds is 7. The average Bonchev–Trinajstić information content (AvgIpc) is 2.29. The zero-order valence-corrected chi connectivity index (χ0v) is 11.4. The molecule has 0 saturated heterocycles. The summed E-state index contributed by atoms with van der Waals surface area (Å²) in [4.78, 5) is 0. The lowest BCUT2D eigenvalue weighted by Gasteiger charge is -2.11. The standard InChI is InChI=1S/C11H19N3O3S/c1-3-9-4-5-10(8-11(9)12)14-18(15,16)13-6-7-17-2/h4-5,8,13-14H,3,6-7,12H2,1-2H3. The summed E-state index contributed by atoms with van der Waals surface area (Å²) >= 11 is 0. The summed E-state index contributed by atoms with van der Waals surface area (Å²) in [6, 6.07) is 5.10. The Kier molecular flexibility index (Phi) is 5.39. The molecule has 0 aliphatic rings. The third-order valence-corrected chi connectivity index (χ3v) is 3.47. The Morgan fingerprint density at radius 3 is 2.67 bits per heavy atom. The Balaban J connectivity index is 2.69. The van der Waals surface area contributed by atoms with Gasteiger partial charge in [-0.1, -0.05) is 13.0 Å². The van der Waals surface area contributed by atoms with Crippen molar-refractivity contribution in [1.29, 1.82) is 0 Å². The van der Waals surface area contributed by atoms with Gasteiger partial charge in [-0.15, -0.1) is 0 Å². The lowest BCUT2D eigenvalue weighted by Crippen LogP contribution is -2.32. The van der Waals surface area contributed by atoms with Crippen molar-refractivity contribution in [3.8, 4) is 0 Å². The highest BCUT2D eigenvalue weighted by Crippen LogP contribution is 2.18. The molecule has 7 heteroatoms. The molecule has 0 heterocycles. The zero-order chi connectivity index (χ0) is 13.6. The van der Waals surface area contributed by atoms with Crippen LogP contribution in [0.15, 0.2) is 18.2 Å². The molecule has 0 amide bonds. The lowest BCUT2D eigenvalue weighted by molar-refractivity contribution is 0.204. The maximum atomic E-state index is 11.6. The molecule has 0 spiro atoms. The van der Waals surface area contributed by atoms with Gasteiger partial charge in [0.1, 0.15) is 0 Å². The number of ether oxygens (including phenoxy) is 1. The molecule has 0 atom stereocenters. The number of anilines is 2. The van der Waals surface area contributed by atoms with Crippen molar-refractivity contribution in [3.05, 3.63) is 23.8 Å². The Hall–Kier alpha value is -1.31. The number of methoxy groups -OCH3 is 1. The minimum Gasteiger partial charge on any atom is -0.398 e. The number of nitrogen functional groups attached to an aromatic ring is 1. The van der Waals surface area contributed by atoms with Gasteiger partial charge in [0.25, 0.3) is 10.2 Å². The van der Waals surface area contributed by atoms with Gasteiger partial charge in [0.15, 0.2) is 0 Å². The third kappa shape index (κ3) is 4.52. The first-order valence-corrected chi connectivity index (χ1v) is 7.11. The molecule has 4 N–H and O–H groups in total. The van der Waals surface area contributed by atoms with Crippen LogP contribution in [0.3, 0.4) is 0 Å². The van der Waals surface area contributed by atoms with Crippen molar-refractivity contribution in [2.75, 3.05) is 30.7 Å². The molecule has 0 radical (unpaired) electrons. The number of aryl methyl sites for hydroxylation is 1. The number of nitrogens with one attached hydrogen (secondary N) is 2. The van der Waals surface area contributed by atoms with E-state index in [-0.39, 0.29) is 6.54 Å². The van der Waals surface area contributed by atoms with E-state index in [1.54, 1.807) is 12.1 Å². The maximum absolute atomic E-state index is 11.6. The fraction of sp³-hybridized carbons (Fsp3) is 0.455. The first-order chi connectivity index (χ1) is 8.48. The Labute approximate surface area is 108 Å². The van der Waals surface area contributed by atoms with Crippen molar-refractivity contribution in [3.63, 3.8) is 0 Å². The van der Waals surface area contributed by atoms with Gasteiger partial charge in [-0.05, 0) is 24.1 Å². The lowest BCUT2D eigenvalue weighted by atomic mass is 10.1. The van der Waals surface area contributed by atoms with E-state index in [1.807, 2.05) is 13.0 Å². The van der Waals surface area contributed by atoms with Gasteiger partial charge >= 0.3 is 0 Å². The van der Waals surface area contributed by atoms with E-state index in [0.717, 1.165) is 12.0 Å². The van der Waals surface area contributed by atoms with Crippen LogP contribution in [0.5, 0.6) is 0 Å². The van der Waals surface area contributed by atoms with Crippen LogP contribution in [0.1, 0.15) is 12.5 Å². The minimum atomic E-state index is -3.58. The van der Waals surface area contributed by atoms with Gasteiger partial charge in [-0.3, -0.25) is 4.72 Å². The van der Waals surface area contributed by atoms with Crippen LogP contribution in [0.4, 0.5) is 11.4 Å². The molecule has 0 saturated carbocycles.